The van der Waals surface area contributed by atoms with Gasteiger partial charge in [0.05, 0.1) is 5.56 Å². The Labute approximate surface area is 120 Å². The number of nitrogens with zero attached hydrogens (tertiary/aromatic N) is 3. The average Bonchev–Trinajstić information content (AvgIpc) is 3.01. The maximum absolute atomic E-state index is 12.2. The highest BCUT2D eigenvalue weighted by Crippen LogP contribution is 2.22. The number of hydrogen-bond donors (Lipinski definition) is 2. The molecule has 3 N–H and O–H groups in total. The van der Waals surface area contributed by atoms with Gasteiger partial charge in [0, 0.05) is 24.5 Å². The van der Waals surface area contributed by atoms with Crippen LogP contribution in [-0.4, -0.2) is 27.6 Å². The quantitative estimate of drug-likeness (QED) is 0.744. The molecule has 0 unspecified atom stereocenters. The zero-order valence-corrected chi connectivity index (χ0v) is 11.1. The van der Waals surface area contributed by atoms with Crippen LogP contribution in [0.1, 0.15) is 16.2 Å². The van der Waals surface area contributed by atoms with Crippen LogP contribution < -0.4 is 11.1 Å². The van der Waals surface area contributed by atoms with E-state index in [-0.39, 0.29) is 5.91 Å². The summed E-state index contributed by atoms with van der Waals surface area (Å²) in [6.45, 7) is 0.403. The summed E-state index contributed by atoms with van der Waals surface area (Å²) in [6.07, 6.45) is 3.29. The number of anilines is 1. The maximum atomic E-state index is 12.2. The molecule has 0 radical (unpaired) electrons. The zero-order chi connectivity index (χ0) is 14.7. The van der Waals surface area contributed by atoms with E-state index in [2.05, 4.69) is 20.4 Å². The van der Waals surface area contributed by atoms with Crippen LogP contribution in [0, 0.1) is 0 Å². The third-order valence-corrected chi connectivity index (χ3v) is 3.10. The Morgan fingerprint density at radius 2 is 2.05 bits per heavy atom. The fraction of sp³-hybridized carbons (Fsp3) is 0.143. The van der Waals surface area contributed by atoms with Crippen LogP contribution in [0.2, 0.25) is 0 Å². The van der Waals surface area contributed by atoms with Crippen molar-refractivity contribution in [2.24, 2.45) is 0 Å². The lowest BCUT2D eigenvalue weighted by molar-refractivity contribution is 0.0955. The minimum atomic E-state index is -0.210. The number of hydrogen-bond acceptors (Lipinski definition) is 6. The number of pyridine rings is 1. The van der Waals surface area contributed by atoms with Crippen molar-refractivity contribution in [3.8, 4) is 0 Å². The summed E-state index contributed by atoms with van der Waals surface area (Å²) in [5.74, 6) is 0.682. The number of fused-ring (bicyclic) bond motifs is 1. The predicted molar refractivity (Wildman–Crippen MR) is 76.5 cm³/mol. The van der Waals surface area contributed by atoms with Gasteiger partial charge in [0.1, 0.15) is 5.82 Å². The Balaban J connectivity index is 1.77. The first kappa shape index (κ1) is 13.0. The van der Waals surface area contributed by atoms with Gasteiger partial charge in [0.15, 0.2) is 6.33 Å². The van der Waals surface area contributed by atoms with Gasteiger partial charge in [-0.15, -0.1) is 0 Å². The third kappa shape index (κ3) is 2.66. The van der Waals surface area contributed by atoms with Crippen LogP contribution in [0.15, 0.2) is 41.3 Å². The lowest BCUT2D eigenvalue weighted by atomic mass is 10.1. The molecule has 0 saturated carbocycles. The molecule has 1 amide bonds. The lowest BCUT2D eigenvalue weighted by Crippen LogP contribution is -2.26. The molecular weight excluding hydrogens is 270 g/mol. The molecule has 0 aliphatic rings. The summed E-state index contributed by atoms with van der Waals surface area (Å²) < 4.78 is 4.87. The van der Waals surface area contributed by atoms with Gasteiger partial charge in [-0.1, -0.05) is 29.4 Å². The van der Waals surface area contributed by atoms with E-state index in [0.717, 1.165) is 10.8 Å². The lowest BCUT2D eigenvalue weighted by Gasteiger charge is -2.08. The number of amides is 1. The fourth-order valence-electron chi connectivity index (χ4n) is 2.08. The fourth-order valence-corrected chi connectivity index (χ4v) is 2.08. The number of carbonyl (C=O) groups is 1. The molecule has 1 aromatic carbocycles. The first-order valence-corrected chi connectivity index (χ1v) is 6.42. The molecule has 0 atom stereocenters. The van der Waals surface area contributed by atoms with Gasteiger partial charge in [0.25, 0.3) is 5.91 Å². The van der Waals surface area contributed by atoms with E-state index in [1.807, 2.05) is 24.3 Å². The van der Waals surface area contributed by atoms with Crippen LogP contribution in [0.25, 0.3) is 10.8 Å². The SMILES string of the molecule is Nc1ncc(C(=O)NCCc2ncno2)c2ccccc12. The summed E-state index contributed by atoms with van der Waals surface area (Å²) in [5, 5.41) is 7.85. The van der Waals surface area contributed by atoms with Gasteiger partial charge < -0.3 is 15.6 Å². The minimum absolute atomic E-state index is 0.210. The zero-order valence-electron chi connectivity index (χ0n) is 11.1. The van der Waals surface area contributed by atoms with Gasteiger partial charge >= 0.3 is 0 Å². The van der Waals surface area contributed by atoms with E-state index in [1.165, 1.54) is 12.5 Å². The highest BCUT2D eigenvalue weighted by atomic mass is 16.5. The van der Waals surface area contributed by atoms with Crippen molar-refractivity contribution < 1.29 is 9.32 Å². The summed E-state index contributed by atoms with van der Waals surface area (Å²) in [4.78, 5) is 20.2. The molecule has 7 nitrogen and oxygen atoms in total. The first-order chi connectivity index (χ1) is 10.3. The molecule has 2 aromatic heterocycles. The van der Waals surface area contributed by atoms with Gasteiger partial charge in [-0.3, -0.25) is 4.79 Å². The van der Waals surface area contributed by atoms with Crippen molar-refractivity contribution in [3.63, 3.8) is 0 Å². The van der Waals surface area contributed by atoms with Gasteiger partial charge in [-0.2, -0.15) is 4.98 Å². The van der Waals surface area contributed by atoms with E-state index < -0.39 is 0 Å². The summed E-state index contributed by atoms with van der Waals surface area (Å²) >= 11 is 0. The molecule has 7 heteroatoms. The Kier molecular flexibility index (Phi) is 3.46. The first-order valence-electron chi connectivity index (χ1n) is 6.42. The largest absolute Gasteiger partial charge is 0.383 e. The predicted octanol–water partition coefficient (Wildman–Crippen LogP) is 1.17. The van der Waals surface area contributed by atoms with Crippen molar-refractivity contribution >= 4 is 22.5 Å². The van der Waals surface area contributed by atoms with Crippen molar-refractivity contribution in [1.82, 2.24) is 20.4 Å². The van der Waals surface area contributed by atoms with E-state index in [9.17, 15) is 4.79 Å². The van der Waals surface area contributed by atoms with Crippen molar-refractivity contribution in [3.05, 3.63) is 48.2 Å². The molecule has 0 saturated heterocycles. The second kappa shape index (κ2) is 5.58. The molecular formula is C14H13N5O2. The third-order valence-electron chi connectivity index (χ3n) is 3.10. The molecule has 0 aliphatic carbocycles. The topological polar surface area (TPSA) is 107 Å². The van der Waals surface area contributed by atoms with E-state index in [0.29, 0.717) is 30.2 Å². The molecule has 3 rings (SSSR count). The number of nitrogens with two attached hydrogens (primary N) is 1. The normalized spacial score (nSPS) is 10.7. The number of nitrogen functional groups attached to an aromatic ring is 1. The monoisotopic (exact) mass is 283 g/mol. The van der Waals surface area contributed by atoms with Crippen molar-refractivity contribution in [2.45, 2.75) is 6.42 Å². The molecule has 0 bridgehead atoms. The van der Waals surface area contributed by atoms with Crippen LogP contribution >= 0.6 is 0 Å². The molecule has 0 spiro atoms. The number of benzene rings is 1. The number of aromatic nitrogens is 3. The molecule has 2 heterocycles. The minimum Gasteiger partial charge on any atom is -0.383 e. The number of nitrogens with one attached hydrogen (secondary N) is 1. The van der Waals surface area contributed by atoms with E-state index in [1.54, 1.807) is 0 Å². The Bertz CT molecular complexity index is 770. The van der Waals surface area contributed by atoms with E-state index >= 15 is 0 Å². The molecule has 0 aliphatic heterocycles. The van der Waals surface area contributed by atoms with E-state index in [4.69, 9.17) is 10.3 Å². The van der Waals surface area contributed by atoms with Crippen molar-refractivity contribution in [2.75, 3.05) is 12.3 Å². The van der Waals surface area contributed by atoms with Crippen LogP contribution in [0.3, 0.4) is 0 Å². The van der Waals surface area contributed by atoms with Crippen LogP contribution in [0.5, 0.6) is 0 Å². The van der Waals surface area contributed by atoms with Crippen molar-refractivity contribution in [1.29, 1.82) is 0 Å². The van der Waals surface area contributed by atoms with Gasteiger partial charge in [-0.05, 0) is 5.39 Å². The average molecular weight is 283 g/mol. The molecule has 21 heavy (non-hydrogen) atoms. The van der Waals surface area contributed by atoms with Crippen LogP contribution in [-0.2, 0) is 6.42 Å². The standard InChI is InChI=1S/C14H13N5O2/c15-13-10-4-2-1-3-9(10)11(7-17-13)14(20)16-6-5-12-18-8-19-21-12/h1-4,7-8H,5-6H2,(H2,15,17)(H,16,20). The maximum Gasteiger partial charge on any atom is 0.253 e. The Morgan fingerprint density at radius 3 is 2.81 bits per heavy atom. The second-order valence-corrected chi connectivity index (χ2v) is 4.44. The summed E-state index contributed by atoms with van der Waals surface area (Å²) in [6, 6.07) is 7.40. The Hall–Kier alpha value is -2.96. The highest BCUT2D eigenvalue weighted by Gasteiger charge is 2.12. The molecule has 106 valence electrons. The number of rotatable bonds is 4. The van der Waals surface area contributed by atoms with Gasteiger partial charge in [0.2, 0.25) is 5.89 Å². The van der Waals surface area contributed by atoms with Crippen LogP contribution in [0.4, 0.5) is 5.82 Å². The Morgan fingerprint density at radius 1 is 1.24 bits per heavy atom. The summed E-state index contributed by atoms with van der Waals surface area (Å²) in [5.41, 5.74) is 6.31. The second-order valence-electron chi connectivity index (χ2n) is 4.44. The summed E-state index contributed by atoms with van der Waals surface area (Å²) in [7, 11) is 0. The molecule has 0 fully saturated rings. The molecule has 3 aromatic rings. The van der Waals surface area contributed by atoms with Gasteiger partial charge in [-0.25, -0.2) is 4.98 Å². The number of carbonyl (C=O) groups excluding carboxylic acids is 1. The highest BCUT2D eigenvalue weighted by molar-refractivity contribution is 6.08. The smallest absolute Gasteiger partial charge is 0.253 e.